The normalized spacial score (nSPS) is 27.3. The Bertz CT molecular complexity index is 1190. The van der Waals surface area contributed by atoms with Crippen molar-refractivity contribution in [3.63, 3.8) is 0 Å². The number of halogens is 1. The van der Waals surface area contributed by atoms with E-state index in [1.807, 2.05) is 42.5 Å². The summed E-state index contributed by atoms with van der Waals surface area (Å²) in [5.74, 6) is 0.558. The highest BCUT2D eigenvalue weighted by atomic mass is 79.9. The zero-order chi connectivity index (χ0) is 19.7. The minimum Gasteiger partial charge on any atom is -0.274 e. The van der Waals surface area contributed by atoms with E-state index < -0.39 is 0 Å². The van der Waals surface area contributed by atoms with Crippen molar-refractivity contribution in [1.29, 1.82) is 0 Å². The molecule has 5 nitrogen and oxygen atoms in total. The van der Waals surface area contributed by atoms with Crippen LogP contribution in [0.5, 0.6) is 0 Å². The third-order valence-electron chi connectivity index (χ3n) is 6.42. The van der Waals surface area contributed by atoms with Gasteiger partial charge < -0.3 is 0 Å². The largest absolute Gasteiger partial charge is 0.274 e. The predicted octanol–water partition coefficient (Wildman–Crippen LogP) is 4.37. The number of rotatable bonds is 2. The van der Waals surface area contributed by atoms with Crippen molar-refractivity contribution >= 4 is 44.3 Å². The highest BCUT2D eigenvalue weighted by molar-refractivity contribution is 9.10. The molecule has 0 spiro atoms. The van der Waals surface area contributed by atoms with Crippen LogP contribution >= 0.6 is 15.9 Å². The lowest BCUT2D eigenvalue weighted by Crippen LogP contribution is -2.32. The van der Waals surface area contributed by atoms with Gasteiger partial charge in [0.2, 0.25) is 11.8 Å². The molecule has 2 bridgehead atoms. The molecule has 0 N–H and O–H groups in total. The van der Waals surface area contributed by atoms with Crippen LogP contribution < -0.4 is 4.90 Å². The topological polar surface area (TPSA) is 63.2 Å². The molecule has 6 heteroatoms. The van der Waals surface area contributed by atoms with Gasteiger partial charge >= 0.3 is 0 Å². The Kier molecular flexibility index (Phi) is 3.56. The van der Waals surface area contributed by atoms with Gasteiger partial charge in [-0.1, -0.05) is 24.3 Å². The summed E-state index contributed by atoms with van der Waals surface area (Å²) < 4.78 is 0.915. The number of carbonyl (C=O) groups excluding carboxylic acids is 2. The number of amides is 2. The van der Waals surface area contributed by atoms with Crippen molar-refractivity contribution in [2.24, 2.45) is 23.7 Å². The lowest BCUT2D eigenvalue weighted by molar-refractivity contribution is -0.123. The Morgan fingerprint density at radius 3 is 2.31 bits per heavy atom. The highest BCUT2D eigenvalue weighted by Crippen LogP contribution is 2.53. The first-order valence-electron chi connectivity index (χ1n) is 9.69. The van der Waals surface area contributed by atoms with Crippen molar-refractivity contribution in [2.75, 3.05) is 4.90 Å². The first-order chi connectivity index (χ1) is 14.1. The van der Waals surface area contributed by atoms with E-state index in [4.69, 9.17) is 0 Å². The molecule has 2 heterocycles. The standard InChI is InChI=1S/C23H16BrN3O2/c24-17-3-1-2-15-11-25-21(26-20(15)17)12-6-8-16(9-7-12)27-22(28)18-13-4-5-14(10-13)19(18)23(27)29/h1-9,11,13-14,18-19H,10H2/t13-,14-,18-,19+/m1/s1. The van der Waals surface area contributed by atoms with Crippen LogP contribution in [0.15, 0.2) is 65.3 Å². The molecule has 1 aromatic heterocycles. The van der Waals surface area contributed by atoms with Gasteiger partial charge in [-0.25, -0.2) is 9.97 Å². The van der Waals surface area contributed by atoms with Crippen LogP contribution in [-0.2, 0) is 9.59 Å². The van der Waals surface area contributed by atoms with Crippen LogP contribution in [0.3, 0.4) is 0 Å². The summed E-state index contributed by atoms with van der Waals surface area (Å²) in [6, 6.07) is 13.2. The number of allylic oxidation sites excluding steroid dienone is 2. The molecule has 142 valence electrons. The van der Waals surface area contributed by atoms with E-state index in [0.29, 0.717) is 11.5 Å². The molecule has 4 atom stereocenters. The Morgan fingerprint density at radius 2 is 1.62 bits per heavy atom. The fourth-order valence-corrected chi connectivity index (χ4v) is 5.55. The Labute approximate surface area is 175 Å². The van der Waals surface area contributed by atoms with E-state index in [2.05, 4.69) is 38.0 Å². The third kappa shape index (κ3) is 2.38. The number of para-hydroxylation sites is 1. The quantitative estimate of drug-likeness (QED) is 0.433. The molecule has 2 amide bonds. The molecule has 3 aliphatic rings. The van der Waals surface area contributed by atoms with Crippen LogP contribution in [-0.4, -0.2) is 21.8 Å². The summed E-state index contributed by atoms with van der Waals surface area (Å²) in [6.45, 7) is 0. The number of imide groups is 1. The summed E-state index contributed by atoms with van der Waals surface area (Å²) in [4.78, 5) is 36.4. The van der Waals surface area contributed by atoms with E-state index in [1.165, 1.54) is 4.90 Å². The lowest BCUT2D eigenvalue weighted by atomic mass is 9.85. The number of fused-ring (bicyclic) bond motifs is 6. The molecule has 3 aromatic rings. The predicted molar refractivity (Wildman–Crippen MR) is 113 cm³/mol. The van der Waals surface area contributed by atoms with Gasteiger partial charge in [0.1, 0.15) is 0 Å². The van der Waals surface area contributed by atoms with Crippen molar-refractivity contribution in [3.8, 4) is 11.4 Å². The van der Waals surface area contributed by atoms with Crippen LogP contribution in [0.25, 0.3) is 22.3 Å². The minimum atomic E-state index is -0.182. The van der Waals surface area contributed by atoms with Crippen molar-refractivity contribution in [1.82, 2.24) is 9.97 Å². The zero-order valence-electron chi connectivity index (χ0n) is 15.3. The highest BCUT2D eigenvalue weighted by Gasteiger charge is 2.59. The summed E-state index contributed by atoms with van der Waals surface area (Å²) in [7, 11) is 0. The molecule has 2 fully saturated rings. The summed E-state index contributed by atoms with van der Waals surface area (Å²) in [5.41, 5.74) is 2.31. The van der Waals surface area contributed by atoms with Gasteiger partial charge in [0.05, 0.1) is 23.0 Å². The Hall–Kier alpha value is -2.86. The first-order valence-corrected chi connectivity index (χ1v) is 10.5. The molecule has 1 saturated heterocycles. The van der Waals surface area contributed by atoms with Crippen molar-refractivity contribution < 1.29 is 9.59 Å². The van der Waals surface area contributed by atoms with Crippen molar-refractivity contribution in [3.05, 3.63) is 65.3 Å². The Morgan fingerprint density at radius 1 is 0.931 bits per heavy atom. The second-order valence-electron chi connectivity index (χ2n) is 7.93. The van der Waals surface area contributed by atoms with E-state index in [9.17, 15) is 9.59 Å². The fraction of sp³-hybridized carbons (Fsp3) is 0.217. The van der Waals surface area contributed by atoms with E-state index in [1.54, 1.807) is 6.20 Å². The molecule has 2 aromatic carbocycles. The van der Waals surface area contributed by atoms with E-state index in [-0.39, 0.29) is 35.5 Å². The SMILES string of the molecule is O=C1[C@@H]2[C@H](C(=O)N1c1ccc(-c3ncc4cccc(Br)c4n3)cc1)[C@@H]1C=C[C@@H]2C1. The molecule has 1 saturated carbocycles. The fourth-order valence-electron chi connectivity index (χ4n) is 5.08. The van der Waals surface area contributed by atoms with Gasteiger partial charge in [0, 0.05) is 21.6 Å². The van der Waals surface area contributed by atoms with Crippen molar-refractivity contribution in [2.45, 2.75) is 6.42 Å². The van der Waals surface area contributed by atoms with Gasteiger partial charge in [0.15, 0.2) is 5.82 Å². The van der Waals surface area contributed by atoms with Crippen LogP contribution in [0.1, 0.15) is 6.42 Å². The van der Waals surface area contributed by atoms with E-state index in [0.717, 1.165) is 27.4 Å². The average Bonchev–Trinajstić information content (AvgIpc) is 3.42. The summed E-state index contributed by atoms with van der Waals surface area (Å²) in [5, 5.41) is 0.961. The molecular formula is C23H16BrN3O2. The van der Waals surface area contributed by atoms with Gasteiger partial charge in [-0.3, -0.25) is 14.5 Å². The summed E-state index contributed by atoms with van der Waals surface area (Å²) in [6.07, 6.45) is 6.96. The summed E-state index contributed by atoms with van der Waals surface area (Å²) >= 11 is 3.53. The van der Waals surface area contributed by atoms with Crippen LogP contribution in [0.2, 0.25) is 0 Å². The monoisotopic (exact) mass is 445 g/mol. The maximum atomic E-state index is 13.0. The maximum Gasteiger partial charge on any atom is 0.238 e. The molecule has 0 unspecified atom stereocenters. The molecule has 6 rings (SSSR count). The van der Waals surface area contributed by atoms with Crippen LogP contribution in [0, 0.1) is 23.7 Å². The maximum absolute atomic E-state index is 13.0. The van der Waals surface area contributed by atoms with Crippen LogP contribution in [0.4, 0.5) is 5.69 Å². The third-order valence-corrected chi connectivity index (χ3v) is 7.06. The van der Waals surface area contributed by atoms with Gasteiger partial charge in [-0.15, -0.1) is 0 Å². The molecule has 2 aliphatic carbocycles. The Balaban J connectivity index is 1.33. The lowest BCUT2D eigenvalue weighted by Gasteiger charge is -2.17. The van der Waals surface area contributed by atoms with Gasteiger partial charge in [-0.05, 0) is 64.5 Å². The molecule has 29 heavy (non-hydrogen) atoms. The first kappa shape index (κ1) is 17.0. The minimum absolute atomic E-state index is 0.0597. The second kappa shape index (κ2) is 6.07. The average molecular weight is 446 g/mol. The number of anilines is 1. The molecular weight excluding hydrogens is 430 g/mol. The second-order valence-corrected chi connectivity index (χ2v) is 8.78. The number of aromatic nitrogens is 2. The molecule has 1 aliphatic heterocycles. The van der Waals surface area contributed by atoms with Gasteiger partial charge in [-0.2, -0.15) is 0 Å². The number of hydrogen-bond acceptors (Lipinski definition) is 4. The smallest absolute Gasteiger partial charge is 0.238 e. The van der Waals surface area contributed by atoms with E-state index >= 15 is 0 Å². The molecule has 0 radical (unpaired) electrons. The number of benzene rings is 2. The number of nitrogens with zero attached hydrogens (tertiary/aromatic N) is 3. The number of hydrogen-bond donors (Lipinski definition) is 0. The van der Waals surface area contributed by atoms with Gasteiger partial charge in [0.25, 0.3) is 0 Å². The zero-order valence-corrected chi connectivity index (χ0v) is 16.9. The number of carbonyl (C=O) groups is 2.